The first kappa shape index (κ1) is 19.9. The average Bonchev–Trinajstić information content (AvgIpc) is 3.20. The van der Waals surface area contributed by atoms with Crippen LogP contribution in [0.3, 0.4) is 0 Å². The second kappa shape index (κ2) is 8.14. The molecule has 2 aromatic heterocycles. The molecule has 4 rings (SSSR count). The molecule has 7 nitrogen and oxygen atoms in total. The average molecular weight is 424 g/mol. The molecule has 1 amide bonds. The van der Waals surface area contributed by atoms with E-state index in [-0.39, 0.29) is 29.9 Å². The van der Waals surface area contributed by atoms with Gasteiger partial charge in [0, 0.05) is 24.4 Å². The zero-order valence-corrected chi connectivity index (χ0v) is 17.5. The summed E-state index contributed by atoms with van der Waals surface area (Å²) in [7, 11) is 0. The first-order chi connectivity index (χ1) is 13.5. The van der Waals surface area contributed by atoms with Crippen LogP contribution in [-0.2, 0) is 28.1 Å². The van der Waals surface area contributed by atoms with Crippen LogP contribution in [0.25, 0.3) is 10.2 Å². The summed E-state index contributed by atoms with van der Waals surface area (Å²) >= 11 is 3.03. The number of rotatable bonds is 6. The Labute approximate surface area is 171 Å². The molecule has 1 aliphatic carbocycles. The van der Waals surface area contributed by atoms with Crippen molar-refractivity contribution in [3.05, 3.63) is 26.6 Å². The molecule has 2 atom stereocenters. The van der Waals surface area contributed by atoms with Crippen molar-refractivity contribution in [2.24, 2.45) is 0 Å². The summed E-state index contributed by atoms with van der Waals surface area (Å²) in [6.45, 7) is 2.51. The quantitative estimate of drug-likeness (QED) is 0.654. The van der Waals surface area contributed by atoms with E-state index in [0.29, 0.717) is 24.6 Å². The predicted molar refractivity (Wildman–Crippen MR) is 111 cm³/mol. The van der Waals surface area contributed by atoms with Gasteiger partial charge in [0.05, 0.1) is 23.0 Å². The third-order valence-corrected chi connectivity index (χ3v) is 7.73. The van der Waals surface area contributed by atoms with Gasteiger partial charge in [0.15, 0.2) is 0 Å². The zero-order chi connectivity index (χ0) is 19.7. The van der Waals surface area contributed by atoms with Gasteiger partial charge in [-0.3, -0.25) is 9.59 Å². The minimum Gasteiger partial charge on any atom is -0.385 e. The SMILES string of the molecule is C[C@H]1OCC[C@]1(O)CNC(=O)CSCc1nc2sc3c(c2c(=O)[nH]1)CCCC3. The van der Waals surface area contributed by atoms with Gasteiger partial charge in [0.2, 0.25) is 5.91 Å². The van der Waals surface area contributed by atoms with Crippen molar-refractivity contribution >= 4 is 39.2 Å². The summed E-state index contributed by atoms with van der Waals surface area (Å²) in [5.41, 5.74) is 0.125. The fraction of sp³-hybridized carbons (Fsp3) is 0.632. The maximum atomic E-state index is 12.5. The number of aliphatic hydroxyl groups is 1. The maximum absolute atomic E-state index is 12.5. The van der Waals surface area contributed by atoms with E-state index in [2.05, 4.69) is 15.3 Å². The highest BCUT2D eigenvalue weighted by molar-refractivity contribution is 7.99. The molecule has 152 valence electrons. The lowest BCUT2D eigenvalue weighted by Gasteiger charge is -2.26. The Morgan fingerprint density at radius 2 is 2.29 bits per heavy atom. The number of aromatic nitrogens is 2. The third-order valence-electron chi connectivity index (χ3n) is 5.60. The zero-order valence-electron chi connectivity index (χ0n) is 15.9. The molecule has 0 bridgehead atoms. The molecule has 1 fully saturated rings. The summed E-state index contributed by atoms with van der Waals surface area (Å²) in [6.07, 6.45) is 4.55. The van der Waals surface area contributed by atoms with E-state index >= 15 is 0 Å². The topological polar surface area (TPSA) is 104 Å². The van der Waals surface area contributed by atoms with E-state index < -0.39 is 5.60 Å². The van der Waals surface area contributed by atoms with Crippen LogP contribution < -0.4 is 10.9 Å². The molecule has 1 aliphatic heterocycles. The van der Waals surface area contributed by atoms with Gasteiger partial charge in [0.25, 0.3) is 5.56 Å². The highest BCUT2D eigenvalue weighted by atomic mass is 32.2. The van der Waals surface area contributed by atoms with Gasteiger partial charge in [-0.1, -0.05) is 0 Å². The first-order valence-corrected chi connectivity index (χ1v) is 11.7. The molecule has 3 heterocycles. The van der Waals surface area contributed by atoms with Crippen LogP contribution in [0.4, 0.5) is 0 Å². The molecule has 28 heavy (non-hydrogen) atoms. The lowest BCUT2D eigenvalue weighted by Crippen LogP contribution is -2.47. The highest BCUT2D eigenvalue weighted by Crippen LogP contribution is 2.33. The number of ether oxygens (including phenoxy) is 1. The Bertz CT molecular complexity index is 941. The van der Waals surface area contributed by atoms with Crippen LogP contribution in [-0.4, -0.2) is 51.6 Å². The van der Waals surface area contributed by atoms with Crippen LogP contribution >= 0.6 is 23.1 Å². The number of thiophene rings is 1. The lowest BCUT2D eigenvalue weighted by molar-refractivity contribution is -0.120. The van der Waals surface area contributed by atoms with Gasteiger partial charge < -0.3 is 20.1 Å². The fourth-order valence-corrected chi connectivity index (χ4v) is 5.82. The van der Waals surface area contributed by atoms with Crippen LogP contribution in [0.1, 0.15) is 42.5 Å². The number of hydrogen-bond acceptors (Lipinski definition) is 7. The van der Waals surface area contributed by atoms with Crippen molar-refractivity contribution in [3.63, 3.8) is 0 Å². The van der Waals surface area contributed by atoms with E-state index in [0.717, 1.165) is 29.5 Å². The molecule has 0 aromatic carbocycles. The van der Waals surface area contributed by atoms with Crippen LogP contribution in [0.5, 0.6) is 0 Å². The Balaban J connectivity index is 1.33. The molecule has 0 radical (unpaired) electrons. The summed E-state index contributed by atoms with van der Waals surface area (Å²) in [5.74, 6) is 1.16. The number of hydrogen-bond donors (Lipinski definition) is 3. The first-order valence-electron chi connectivity index (χ1n) is 9.68. The van der Waals surface area contributed by atoms with Crippen molar-refractivity contribution in [2.75, 3.05) is 18.9 Å². The van der Waals surface area contributed by atoms with Crippen molar-refractivity contribution in [1.82, 2.24) is 15.3 Å². The van der Waals surface area contributed by atoms with Crippen LogP contribution in [0.2, 0.25) is 0 Å². The number of nitrogens with zero attached hydrogens (tertiary/aromatic N) is 1. The Kier molecular flexibility index (Phi) is 5.78. The van der Waals surface area contributed by atoms with E-state index in [1.54, 1.807) is 11.3 Å². The van der Waals surface area contributed by atoms with Crippen LogP contribution in [0.15, 0.2) is 4.79 Å². The van der Waals surface area contributed by atoms with Gasteiger partial charge in [-0.2, -0.15) is 0 Å². The van der Waals surface area contributed by atoms with Crippen molar-refractivity contribution in [2.45, 2.75) is 56.5 Å². The number of aromatic amines is 1. The minimum absolute atomic E-state index is 0.0677. The molecule has 9 heteroatoms. The molecule has 2 aliphatic rings. The number of aryl methyl sites for hydroxylation is 2. The van der Waals surface area contributed by atoms with Crippen molar-refractivity contribution in [3.8, 4) is 0 Å². The second-order valence-corrected chi connectivity index (χ2v) is 9.61. The molecule has 0 saturated carbocycles. The van der Waals surface area contributed by atoms with Gasteiger partial charge >= 0.3 is 0 Å². The number of nitrogens with one attached hydrogen (secondary N) is 2. The highest BCUT2D eigenvalue weighted by Gasteiger charge is 2.39. The molecule has 3 N–H and O–H groups in total. The molecule has 0 unspecified atom stereocenters. The standard InChI is InChI=1S/C19H25N3O4S2/c1-11-19(25,6-7-26-11)10-20-15(23)9-27-8-14-21-17(24)16-12-4-2-3-5-13(12)28-18(16)22-14/h11,25H,2-10H2,1H3,(H,20,23)(H,21,22,24)/t11-,19+/m1/s1. The third kappa shape index (κ3) is 3.98. The number of H-pyrrole nitrogens is 1. The smallest absolute Gasteiger partial charge is 0.259 e. The Morgan fingerprint density at radius 3 is 3.07 bits per heavy atom. The van der Waals surface area contributed by atoms with Crippen molar-refractivity contribution < 1.29 is 14.6 Å². The molecule has 0 spiro atoms. The molecule has 2 aromatic rings. The summed E-state index contributed by atoms with van der Waals surface area (Å²) in [5, 5.41) is 14.0. The summed E-state index contributed by atoms with van der Waals surface area (Å²) < 4.78 is 5.37. The summed E-state index contributed by atoms with van der Waals surface area (Å²) in [4.78, 5) is 34.2. The predicted octanol–water partition coefficient (Wildman–Crippen LogP) is 1.75. The number of carbonyl (C=O) groups excluding carboxylic acids is 1. The maximum Gasteiger partial charge on any atom is 0.259 e. The number of carbonyl (C=O) groups is 1. The minimum atomic E-state index is -0.990. The number of thioether (sulfide) groups is 1. The molecular formula is C19H25N3O4S2. The normalized spacial score (nSPS) is 24.4. The lowest BCUT2D eigenvalue weighted by atomic mass is 9.97. The second-order valence-electron chi connectivity index (χ2n) is 7.54. The largest absolute Gasteiger partial charge is 0.385 e. The van der Waals surface area contributed by atoms with Gasteiger partial charge in [0.1, 0.15) is 16.3 Å². The number of fused-ring (bicyclic) bond motifs is 3. The Morgan fingerprint density at radius 1 is 1.46 bits per heavy atom. The van der Waals surface area contributed by atoms with Gasteiger partial charge in [-0.25, -0.2) is 4.98 Å². The monoisotopic (exact) mass is 423 g/mol. The molecule has 1 saturated heterocycles. The van der Waals surface area contributed by atoms with E-state index in [9.17, 15) is 14.7 Å². The van der Waals surface area contributed by atoms with E-state index in [1.165, 1.54) is 28.6 Å². The van der Waals surface area contributed by atoms with Gasteiger partial charge in [-0.05, 0) is 38.2 Å². The van der Waals surface area contributed by atoms with Gasteiger partial charge in [-0.15, -0.1) is 23.1 Å². The van der Waals surface area contributed by atoms with E-state index in [4.69, 9.17) is 4.74 Å². The van der Waals surface area contributed by atoms with Crippen molar-refractivity contribution in [1.29, 1.82) is 0 Å². The fourth-order valence-electron chi connectivity index (χ4n) is 3.82. The Hall–Kier alpha value is -1.42. The summed E-state index contributed by atoms with van der Waals surface area (Å²) in [6, 6.07) is 0. The van der Waals surface area contributed by atoms with E-state index in [1.807, 2.05) is 6.92 Å². The number of amides is 1. The van der Waals surface area contributed by atoms with Crippen LogP contribution in [0, 0.1) is 0 Å². The molecular weight excluding hydrogens is 398 g/mol.